The predicted molar refractivity (Wildman–Crippen MR) is 145 cm³/mol. The number of carbonyl (C=O) groups is 1. The van der Waals surface area contributed by atoms with Gasteiger partial charge in [0.15, 0.2) is 0 Å². The van der Waals surface area contributed by atoms with Gasteiger partial charge >= 0.3 is 0 Å². The minimum absolute atomic E-state index is 0.0408. The highest BCUT2D eigenvalue weighted by atomic mass is 16.3. The molecule has 1 aliphatic carbocycles. The van der Waals surface area contributed by atoms with Crippen LogP contribution in [0.5, 0.6) is 0 Å². The maximum absolute atomic E-state index is 13.7. The summed E-state index contributed by atoms with van der Waals surface area (Å²) in [6, 6.07) is 11.3. The largest absolute Gasteiger partial charge is 0.394 e. The third kappa shape index (κ3) is 5.01. The molecule has 2 bridgehead atoms. The zero-order valence-electron chi connectivity index (χ0n) is 21.3. The van der Waals surface area contributed by atoms with Crippen LogP contribution in [-0.4, -0.2) is 62.4 Å². The third-order valence-corrected chi connectivity index (χ3v) is 8.26. The number of aliphatic hydroxyl groups excluding tert-OH is 2. The number of nitrogens with zero attached hydrogens (tertiary/aromatic N) is 2. The van der Waals surface area contributed by atoms with Crippen molar-refractivity contribution in [2.45, 2.75) is 68.2 Å². The molecule has 4 unspecified atom stereocenters. The maximum atomic E-state index is 13.7. The van der Waals surface area contributed by atoms with Gasteiger partial charge in [-0.1, -0.05) is 54.6 Å². The molecule has 8 heteroatoms. The minimum Gasteiger partial charge on any atom is -0.394 e. The average molecular weight is 504 g/mol. The van der Waals surface area contributed by atoms with Gasteiger partial charge in [0.1, 0.15) is 5.82 Å². The maximum Gasteiger partial charge on any atom is 0.255 e. The Balaban J connectivity index is 1.36. The van der Waals surface area contributed by atoms with Crippen LogP contribution in [0.25, 0.3) is 0 Å². The fourth-order valence-electron chi connectivity index (χ4n) is 6.55. The van der Waals surface area contributed by atoms with Crippen molar-refractivity contribution in [2.24, 2.45) is 0 Å². The number of hydrogen-bond donors (Lipinski definition) is 5. The highest BCUT2D eigenvalue weighted by molar-refractivity contribution is 6.00. The molecule has 6 N–H and O–H groups in total. The summed E-state index contributed by atoms with van der Waals surface area (Å²) in [6.07, 6.45) is 14.6. The van der Waals surface area contributed by atoms with Crippen LogP contribution in [0.4, 0.5) is 11.5 Å². The number of anilines is 2. The molecule has 4 atom stereocenters. The summed E-state index contributed by atoms with van der Waals surface area (Å²) in [5.41, 5.74) is 6.93. The van der Waals surface area contributed by atoms with E-state index in [1.54, 1.807) is 6.07 Å². The van der Waals surface area contributed by atoms with Crippen LogP contribution in [0.2, 0.25) is 0 Å². The lowest BCUT2D eigenvalue weighted by molar-refractivity contribution is -0.00925. The Morgan fingerprint density at radius 3 is 2.54 bits per heavy atom. The van der Waals surface area contributed by atoms with Gasteiger partial charge in [-0.25, -0.2) is 4.98 Å². The van der Waals surface area contributed by atoms with Crippen LogP contribution in [0.3, 0.4) is 0 Å². The lowest BCUT2D eigenvalue weighted by Gasteiger charge is -2.52. The molecular formula is C29H37N5O3. The van der Waals surface area contributed by atoms with Gasteiger partial charge in [-0.2, -0.15) is 0 Å². The van der Waals surface area contributed by atoms with E-state index >= 15 is 0 Å². The zero-order chi connectivity index (χ0) is 26.0. The van der Waals surface area contributed by atoms with Gasteiger partial charge in [-0.3, -0.25) is 9.69 Å². The van der Waals surface area contributed by atoms with E-state index in [2.05, 4.69) is 51.7 Å². The summed E-state index contributed by atoms with van der Waals surface area (Å²) in [6.45, 7) is 2.00. The summed E-state index contributed by atoms with van der Waals surface area (Å²) < 4.78 is 0. The fourth-order valence-corrected chi connectivity index (χ4v) is 6.55. The highest BCUT2D eigenvalue weighted by Gasteiger charge is 2.53. The van der Waals surface area contributed by atoms with Gasteiger partial charge in [0.05, 0.1) is 36.0 Å². The molecule has 1 amide bonds. The quantitative estimate of drug-likeness (QED) is 0.375. The average Bonchev–Trinajstić information content (AvgIpc) is 3.21. The number of fused-ring (bicyclic) bond motifs is 2. The number of rotatable bonds is 8. The molecule has 0 radical (unpaired) electrons. The Morgan fingerprint density at radius 2 is 1.92 bits per heavy atom. The number of piperidine rings is 1. The standard InChI is InChI=1S/C29H37N5O3/c1-28(12-6-3-7-13-28)34-21-10-11-22(34)16-29(15-21,19-36)33-27(37)23-17-31-26(30)14-24(23)32-25(18-35)20-8-4-2-5-9-20/h2-9,12,14,17,21-22,25,35-36H,10-11,13,15-16,18-19H2,1H3,(H,33,37)(H3,30,31,32). The Morgan fingerprint density at radius 1 is 1.19 bits per heavy atom. The number of carbonyl (C=O) groups excluding carboxylic acids is 1. The fraction of sp³-hybridized carbons (Fsp3) is 0.448. The van der Waals surface area contributed by atoms with Crippen LogP contribution < -0.4 is 16.4 Å². The molecule has 5 rings (SSSR count). The zero-order valence-corrected chi connectivity index (χ0v) is 21.3. The molecule has 8 nitrogen and oxygen atoms in total. The van der Waals surface area contributed by atoms with Crippen molar-refractivity contribution in [1.29, 1.82) is 0 Å². The number of amides is 1. The first-order chi connectivity index (χ1) is 17.9. The Labute approximate surface area is 218 Å². The normalized spacial score (nSPS) is 29.7. The number of allylic oxidation sites excluding steroid dienone is 2. The number of nitrogens with two attached hydrogens (primary N) is 1. The lowest BCUT2D eigenvalue weighted by Crippen LogP contribution is -2.64. The smallest absolute Gasteiger partial charge is 0.255 e. The van der Waals surface area contributed by atoms with E-state index in [0.717, 1.165) is 24.8 Å². The van der Waals surface area contributed by atoms with E-state index in [4.69, 9.17) is 5.73 Å². The van der Waals surface area contributed by atoms with Crippen LogP contribution >= 0.6 is 0 Å². The number of aromatic nitrogens is 1. The van der Waals surface area contributed by atoms with Gasteiger partial charge in [-0.15, -0.1) is 0 Å². The third-order valence-electron chi connectivity index (χ3n) is 8.26. The molecule has 2 aromatic rings. The van der Waals surface area contributed by atoms with Crippen LogP contribution in [0.1, 0.15) is 61.0 Å². The summed E-state index contributed by atoms with van der Waals surface area (Å²) in [5, 5.41) is 27.1. The van der Waals surface area contributed by atoms with E-state index in [-0.39, 0.29) is 42.6 Å². The van der Waals surface area contributed by atoms with Gasteiger partial charge in [0, 0.05) is 29.9 Å². The lowest BCUT2D eigenvalue weighted by atomic mass is 9.79. The number of aliphatic hydroxyl groups is 2. The van der Waals surface area contributed by atoms with Crippen molar-refractivity contribution in [3.05, 3.63) is 78.0 Å². The van der Waals surface area contributed by atoms with Crippen LogP contribution in [-0.2, 0) is 0 Å². The topological polar surface area (TPSA) is 124 Å². The number of nitrogens with one attached hydrogen (secondary N) is 2. The molecule has 0 saturated carbocycles. The Hall–Kier alpha value is -3.20. The summed E-state index contributed by atoms with van der Waals surface area (Å²) in [5.74, 6) is -0.0387. The van der Waals surface area contributed by atoms with E-state index in [9.17, 15) is 15.0 Å². The number of hydrogen-bond acceptors (Lipinski definition) is 7. The predicted octanol–water partition coefficient (Wildman–Crippen LogP) is 3.17. The van der Waals surface area contributed by atoms with E-state index in [1.165, 1.54) is 6.20 Å². The number of nitrogen functional groups attached to an aromatic ring is 1. The molecule has 1 aromatic heterocycles. The van der Waals surface area contributed by atoms with Crippen LogP contribution in [0.15, 0.2) is 66.9 Å². The Kier molecular flexibility index (Phi) is 7.07. The molecule has 0 spiro atoms. The first-order valence-corrected chi connectivity index (χ1v) is 13.1. The van der Waals surface area contributed by atoms with Crippen molar-refractivity contribution in [3.63, 3.8) is 0 Å². The van der Waals surface area contributed by atoms with Gasteiger partial charge in [-0.05, 0) is 44.6 Å². The number of benzene rings is 1. The first-order valence-electron chi connectivity index (χ1n) is 13.1. The van der Waals surface area contributed by atoms with Gasteiger partial charge in [0.2, 0.25) is 0 Å². The van der Waals surface area contributed by atoms with Crippen LogP contribution in [0, 0.1) is 0 Å². The van der Waals surface area contributed by atoms with Crippen molar-refractivity contribution < 1.29 is 15.0 Å². The molecule has 2 aliphatic heterocycles. The summed E-state index contributed by atoms with van der Waals surface area (Å²) >= 11 is 0. The second-order valence-corrected chi connectivity index (χ2v) is 10.9. The molecular weight excluding hydrogens is 466 g/mol. The molecule has 3 heterocycles. The molecule has 1 aromatic carbocycles. The van der Waals surface area contributed by atoms with Gasteiger partial charge in [0.25, 0.3) is 5.91 Å². The van der Waals surface area contributed by atoms with Gasteiger partial charge < -0.3 is 26.6 Å². The second kappa shape index (κ2) is 10.3. The SMILES string of the molecule is CC1(N2C3CCC2CC(CO)(NC(=O)c2cnc(N)cc2NC(CO)c2ccccc2)C3)C=CC=CC1. The Bertz CT molecular complexity index is 1170. The second-order valence-electron chi connectivity index (χ2n) is 10.9. The molecule has 3 aliphatic rings. The van der Waals surface area contributed by atoms with E-state index in [0.29, 0.717) is 24.1 Å². The highest BCUT2D eigenvalue weighted by Crippen LogP contribution is 2.46. The van der Waals surface area contributed by atoms with E-state index < -0.39 is 11.6 Å². The molecule has 2 fully saturated rings. The number of pyridine rings is 1. The molecule has 196 valence electrons. The van der Waals surface area contributed by atoms with Crippen molar-refractivity contribution in [3.8, 4) is 0 Å². The minimum atomic E-state index is -0.710. The van der Waals surface area contributed by atoms with Crippen molar-refractivity contribution >= 4 is 17.4 Å². The monoisotopic (exact) mass is 503 g/mol. The van der Waals surface area contributed by atoms with Crippen molar-refractivity contribution in [1.82, 2.24) is 15.2 Å². The summed E-state index contributed by atoms with van der Waals surface area (Å²) in [7, 11) is 0. The first kappa shape index (κ1) is 25.4. The molecule has 2 saturated heterocycles. The van der Waals surface area contributed by atoms with Crippen molar-refractivity contribution in [2.75, 3.05) is 24.3 Å². The van der Waals surface area contributed by atoms with E-state index in [1.807, 2.05) is 30.3 Å². The molecule has 37 heavy (non-hydrogen) atoms. The summed E-state index contributed by atoms with van der Waals surface area (Å²) in [4.78, 5) is 20.4.